The molecule has 0 bridgehead atoms. The van der Waals surface area contributed by atoms with Crippen LogP contribution in [0.5, 0.6) is 0 Å². The average Bonchev–Trinajstić information content (AvgIpc) is 3.26. The summed E-state index contributed by atoms with van der Waals surface area (Å²) < 4.78 is 0. The molecule has 3 heteroatoms. The van der Waals surface area contributed by atoms with Crippen LogP contribution in [0, 0.1) is 17.8 Å². The standard InChI is InChI=1S/3C6H13N.C2H6/c2*1-2-6-3-4-7-5-6;1-2-3-6-4-7-5-6;1-2/h3*6-7H,2-5H2,1H3;1-2H3. The summed E-state index contributed by atoms with van der Waals surface area (Å²) in [6.45, 7) is 18.3. The van der Waals surface area contributed by atoms with Gasteiger partial charge in [-0.25, -0.2) is 0 Å². The first-order valence-electron chi connectivity index (χ1n) is 10.4. The van der Waals surface area contributed by atoms with Gasteiger partial charge in [0.15, 0.2) is 0 Å². The highest BCUT2D eigenvalue weighted by Crippen LogP contribution is 2.10. The molecule has 0 aromatic carbocycles. The van der Waals surface area contributed by atoms with Gasteiger partial charge in [0.2, 0.25) is 0 Å². The van der Waals surface area contributed by atoms with Crippen LogP contribution < -0.4 is 16.0 Å². The maximum Gasteiger partial charge on any atom is -0.000826 e. The number of nitrogens with one attached hydrogen (secondary N) is 3. The van der Waals surface area contributed by atoms with E-state index < -0.39 is 0 Å². The first-order valence-corrected chi connectivity index (χ1v) is 10.4. The zero-order valence-electron chi connectivity index (χ0n) is 16.7. The molecule has 140 valence electrons. The Balaban J connectivity index is 0.000000299. The van der Waals surface area contributed by atoms with Gasteiger partial charge in [-0.15, -0.1) is 0 Å². The lowest BCUT2D eigenvalue weighted by Crippen LogP contribution is -2.41. The van der Waals surface area contributed by atoms with Gasteiger partial charge in [-0.05, 0) is 76.3 Å². The van der Waals surface area contributed by atoms with Crippen LogP contribution in [0.2, 0.25) is 0 Å². The van der Waals surface area contributed by atoms with Crippen LogP contribution >= 0.6 is 0 Å². The Morgan fingerprint density at radius 3 is 1.22 bits per heavy atom. The first kappa shape index (κ1) is 22.9. The first-order chi connectivity index (χ1) is 11.3. The van der Waals surface area contributed by atoms with Crippen molar-refractivity contribution in [3.63, 3.8) is 0 Å². The van der Waals surface area contributed by atoms with Gasteiger partial charge >= 0.3 is 0 Å². The van der Waals surface area contributed by atoms with Crippen LogP contribution in [0.25, 0.3) is 0 Å². The molecule has 0 aromatic heterocycles. The van der Waals surface area contributed by atoms with Crippen molar-refractivity contribution in [2.75, 3.05) is 39.3 Å². The molecule has 0 radical (unpaired) electrons. The molecule has 23 heavy (non-hydrogen) atoms. The van der Waals surface area contributed by atoms with Gasteiger partial charge in [0.1, 0.15) is 0 Å². The molecule has 2 unspecified atom stereocenters. The average molecular weight is 328 g/mol. The van der Waals surface area contributed by atoms with Crippen LogP contribution in [0.15, 0.2) is 0 Å². The van der Waals surface area contributed by atoms with E-state index in [0.29, 0.717) is 0 Å². The summed E-state index contributed by atoms with van der Waals surface area (Å²) in [6, 6.07) is 0. The lowest BCUT2D eigenvalue weighted by Gasteiger charge is -2.26. The maximum absolute atomic E-state index is 3.32. The van der Waals surface area contributed by atoms with E-state index in [1.807, 2.05) is 13.8 Å². The van der Waals surface area contributed by atoms with Crippen molar-refractivity contribution in [2.24, 2.45) is 17.8 Å². The van der Waals surface area contributed by atoms with Crippen LogP contribution in [-0.4, -0.2) is 39.3 Å². The van der Waals surface area contributed by atoms with E-state index in [9.17, 15) is 0 Å². The second-order valence-electron chi connectivity index (χ2n) is 6.85. The minimum Gasteiger partial charge on any atom is -0.316 e. The minimum atomic E-state index is 0.986. The summed E-state index contributed by atoms with van der Waals surface area (Å²) in [5.74, 6) is 2.99. The van der Waals surface area contributed by atoms with Crippen molar-refractivity contribution < 1.29 is 0 Å². The zero-order chi connectivity index (χ0) is 17.3. The molecule has 0 spiro atoms. The lowest BCUT2D eigenvalue weighted by atomic mass is 9.98. The van der Waals surface area contributed by atoms with Gasteiger partial charge < -0.3 is 16.0 Å². The van der Waals surface area contributed by atoms with Gasteiger partial charge in [-0.3, -0.25) is 0 Å². The SMILES string of the molecule is CC.CCC1CCNC1.CCC1CCNC1.CCCC1CNC1. The number of hydrogen-bond acceptors (Lipinski definition) is 3. The highest BCUT2D eigenvalue weighted by Gasteiger charge is 2.14. The van der Waals surface area contributed by atoms with Crippen LogP contribution in [0.3, 0.4) is 0 Å². The fourth-order valence-electron chi connectivity index (χ4n) is 3.09. The van der Waals surface area contributed by atoms with E-state index in [-0.39, 0.29) is 0 Å². The Bertz CT molecular complexity index is 201. The van der Waals surface area contributed by atoms with E-state index in [1.165, 1.54) is 77.8 Å². The fourth-order valence-corrected chi connectivity index (χ4v) is 3.09. The summed E-state index contributed by atoms with van der Waals surface area (Å²) >= 11 is 0. The molecule has 0 aliphatic carbocycles. The Morgan fingerprint density at radius 2 is 1.09 bits per heavy atom. The zero-order valence-corrected chi connectivity index (χ0v) is 16.7. The van der Waals surface area contributed by atoms with Gasteiger partial charge in [-0.2, -0.15) is 0 Å². The smallest absolute Gasteiger partial charge is 0.000826 e. The number of hydrogen-bond donors (Lipinski definition) is 3. The van der Waals surface area contributed by atoms with Crippen molar-refractivity contribution in [1.29, 1.82) is 0 Å². The molecule has 0 saturated carbocycles. The summed E-state index contributed by atoms with van der Waals surface area (Å²) in [6.07, 6.45) is 8.28. The monoisotopic (exact) mass is 327 g/mol. The minimum absolute atomic E-state index is 0.986. The van der Waals surface area contributed by atoms with Gasteiger partial charge in [-0.1, -0.05) is 53.9 Å². The Kier molecular flexibility index (Phi) is 16.6. The molecule has 2 atom stereocenters. The number of rotatable bonds is 4. The molecule has 3 rings (SSSR count). The van der Waals surface area contributed by atoms with Crippen molar-refractivity contribution in [2.45, 2.75) is 73.1 Å². The van der Waals surface area contributed by atoms with Gasteiger partial charge in [0, 0.05) is 0 Å². The van der Waals surface area contributed by atoms with E-state index in [4.69, 9.17) is 0 Å². The third kappa shape index (κ3) is 12.0. The topological polar surface area (TPSA) is 36.1 Å². The molecular weight excluding hydrogens is 282 g/mol. The van der Waals surface area contributed by atoms with Crippen LogP contribution in [-0.2, 0) is 0 Å². The molecular formula is C20H45N3. The molecule has 3 N–H and O–H groups in total. The quantitative estimate of drug-likeness (QED) is 0.729. The van der Waals surface area contributed by atoms with E-state index in [2.05, 4.69) is 36.7 Å². The van der Waals surface area contributed by atoms with E-state index in [1.54, 1.807) is 0 Å². The second-order valence-corrected chi connectivity index (χ2v) is 6.85. The molecule has 3 fully saturated rings. The Morgan fingerprint density at radius 1 is 0.652 bits per heavy atom. The van der Waals surface area contributed by atoms with Crippen molar-refractivity contribution in [1.82, 2.24) is 16.0 Å². The van der Waals surface area contributed by atoms with Crippen LogP contribution in [0.4, 0.5) is 0 Å². The Labute approximate surface area is 146 Å². The predicted octanol–water partition coefficient (Wildman–Crippen LogP) is 4.04. The normalized spacial score (nSPS) is 26.0. The van der Waals surface area contributed by atoms with E-state index >= 15 is 0 Å². The molecule has 0 aromatic rings. The summed E-state index contributed by atoms with van der Waals surface area (Å²) in [7, 11) is 0. The van der Waals surface area contributed by atoms with E-state index in [0.717, 1.165) is 17.8 Å². The maximum atomic E-state index is 3.32. The largest absolute Gasteiger partial charge is 0.316 e. The third-order valence-corrected chi connectivity index (χ3v) is 5.04. The van der Waals surface area contributed by atoms with Gasteiger partial charge in [0.25, 0.3) is 0 Å². The highest BCUT2D eigenvalue weighted by atomic mass is 14.9. The lowest BCUT2D eigenvalue weighted by molar-refractivity contribution is 0.325. The highest BCUT2D eigenvalue weighted by molar-refractivity contribution is 4.73. The van der Waals surface area contributed by atoms with Crippen LogP contribution in [0.1, 0.15) is 73.1 Å². The second kappa shape index (κ2) is 16.7. The third-order valence-electron chi connectivity index (χ3n) is 5.04. The molecule has 3 saturated heterocycles. The van der Waals surface area contributed by atoms with Crippen molar-refractivity contribution in [3.05, 3.63) is 0 Å². The predicted molar refractivity (Wildman–Crippen MR) is 105 cm³/mol. The summed E-state index contributed by atoms with van der Waals surface area (Å²) in [5, 5.41) is 9.89. The summed E-state index contributed by atoms with van der Waals surface area (Å²) in [4.78, 5) is 0. The molecule has 3 aliphatic rings. The Hall–Kier alpha value is -0.120. The van der Waals surface area contributed by atoms with Gasteiger partial charge in [0.05, 0.1) is 0 Å². The fraction of sp³-hybridized carbons (Fsp3) is 1.00. The molecule has 3 aliphatic heterocycles. The molecule has 3 heterocycles. The van der Waals surface area contributed by atoms with Crippen molar-refractivity contribution >= 4 is 0 Å². The molecule has 0 amide bonds. The van der Waals surface area contributed by atoms with Crippen molar-refractivity contribution in [3.8, 4) is 0 Å². The summed E-state index contributed by atoms with van der Waals surface area (Å²) in [5.41, 5.74) is 0. The molecule has 3 nitrogen and oxygen atoms in total.